The molecule has 1 saturated carbocycles. The van der Waals surface area contributed by atoms with E-state index in [0.717, 1.165) is 30.5 Å². The molecule has 104 valence electrons. The Morgan fingerprint density at radius 1 is 1.26 bits per heavy atom. The number of amides is 1. The molecule has 0 bridgehead atoms. The van der Waals surface area contributed by atoms with Crippen LogP contribution in [0.2, 0.25) is 0 Å². The van der Waals surface area contributed by atoms with E-state index in [0.29, 0.717) is 5.92 Å². The summed E-state index contributed by atoms with van der Waals surface area (Å²) in [5.74, 6) is 0.470. The molecule has 0 saturated heterocycles. The minimum atomic E-state index is -0.326. The van der Waals surface area contributed by atoms with Gasteiger partial charge in [-0.2, -0.15) is 0 Å². The normalized spacial score (nSPS) is 22.9. The van der Waals surface area contributed by atoms with Crippen molar-refractivity contribution in [3.8, 4) is 0 Å². The Hall–Kier alpha value is -1.51. The highest BCUT2D eigenvalue weighted by Gasteiger charge is 2.24. The maximum atomic E-state index is 12.0. The maximum absolute atomic E-state index is 12.0. The van der Waals surface area contributed by atoms with E-state index < -0.39 is 0 Å². The van der Waals surface area contributed by atoms with Crippen LogP contribution in [-0.2, 0) is 4.74 Å². The van der Waals surface area contributed by atoms with Gasteiger partial charge in [0.15, 0.2) is 0 Å². The predicted molar refractivity (Wildman–Crippen MR) is 77.4 cm³/mol. The zero-order chi connectivity index (χ0) is 13.8. The van der Waals surface area contributed by atoms with Gasteiger partial charge in [0.2, 0.25) is 0 Å². The second-order valence-corrected chi connectivity index (χ2v) is 5.58. The van der Waals surface area contributed by atoms with Crippen molar-refractivity contribution in [2.45, 2.75) is 52.6 Å². The van der Waals surface area contributed by atoms with Crippen molar-refractivity contribution in [3.63, 3.8) is 0 Å². The molecule has 0 aliphatic heterocycles. The minimum absolute atomic E-state index is 0.0684. The molecule has 2 atom stereocenters. The highest BCUT2D eigenvalue weighted by Crippen LogP contribution is 2.27. The highest BCUT2D eigenvalue weighted by molar-refractivity contribution is 5.86. The molecule has 1 aromatic carbocycles. The zero-order valence-electron chi connectivity index (χ0n) is 12.0. The van der Waals surface area contributed by atoms with Crippen molar-refractivity contribution in [1.29, 1.82) is 0 Å². The fraction of sp³-hybridized carbons (Fsp3) is 0.562. The van der Waals surface area contributed by atoms with Crippen LogP contribution < -0.4 is 5.32 Å². The summed E-state index contributed by atoms with van der Waals surface area (Å²) >= 11 is 0. The number of benzene rings is 1. The third-order valence-electron chi connectivity index (χ3n) is 4.13. The number of carbonyl (C=O) groups excluding carboxylic acids is 1. The van der Waals surface area contributed by atoms with Gasteiger partial charge in [-0.25, -0.2) is 4.79 Å². The zero-order valence-corrected chi connectivity index (χ0v) is 12.0. The van der Waals surface area contributed by atoms with Crippen molar-refractivity contribution in [3.05, 3.63) is 29.3 Å². The number of aryl methyl sites for hydroxylation is 1. The van der Waals surface area contributed by atoms with E-state index in [1.54, 1.807) is 0 Å². The van der Waals surface area contributed by atoms with Gasteiger partial charge in [0.25, 0.3) is 0 Å². The Morgan fingerprint density at radius 3 is 2.74 bits per heavy atom. The molecule has 1 N–H and O–H groups in total. The molecule has 2 rings (SSSR count). The van der Waals surface area contributed by atoms with Gasteiger partial charge < -0.3 is 4.74 Å². The number of nitrogens with one attached hydrogen (secondary N) is 1. The molecule has 0 radical (unpaired) electrons. The summed E-state index contributed by atoms with van der Waals surface area (Å²) in [5.41, 5.74) is 3.11. The van der Waals surface area contributed by atoms with Crippen LogP contribution in [0.15, 0.2) is 18.2 Å². The third-order valence-corrected chi connectivity index (χ3v) is 4.13. The van der Waals surface area contributed by atoms with Crippen molar-refractivity contribution in [2.24, 2.45) is 5.92 Å². The summed E-state index contributed by atoms with van der Waals surface area (Å²) in [7, 11) is 0. The van der Waals surface area contributed by atoms with E-state index in [4.69, 9.17) is 4.74 Å². The van der Waals surface area contributed by atoms with Gasteiger partial charge in [-0.1, -0.05) is 25.5 Å². The van der Waals surface area contributed by atoms with Crippen LogP contribution in [0.25, 0.3) is 0 Å². The Balaban J connectivity index is 1.95. The third kappa shape index (κ3) is 3.49. The molecule has 3 nitrogen and oxygen atoms in total. The number of rotatable bonds is 2. The molecule has 0 heterocycles. The molecule has 1 amide bonds. The fourth-order valence-corrected chi connectivity index (χ4v) is 2.62. The Labute approximate surface area is 115 Å². The van der Waals surface area contributed by atoms with E-state index in [9.17, 15) is 4.79 Å². The van der Waals surface area contributed by atoms with Crippen molar-refractivity contribution in [1.82, 2.24) is 0 Å². The molecular weight excluding hydrogens is 238 g/mol. The van der Waals surface area contributed by atoms with Crippen LogP contribution in [0.5, 0.6) is 0 Å². The minimum Gasteiger partial charge on any atom is -0.446 e. The van der Waals surface area contributed by atoms with Crippen molar-refractivity contribution >= 4 is 11.8 Å². The monoisotopic (exact) mass is 261 g/mol. The number of carbonyl (C=O) groups is 1. The van der Waals surface area contributed by atoms with Gasteiger partial charge in [0, 0.05) is 5.69 Å². The van der Waals surface area contributed by atoms with Crippen LogP contribution in [0.3, 0.4) is 0 Å². The summed E-state index contributed by atoms with van der Waals surface area (Å²) < 4.78 is 5.55. The lowest BCUT2D eigenvalue weighted by Crippen LogP contribution is -2.30. The quantitative estimate of drug-likeness (QED) is 0.855. The largest absolute Gasteiger partial charge is 0.446 e. The first-order valence-electron chi connectivity index (χ1n) is 7.12. The van der Waals surface area contributed by atoms with Crippen molar-refractivity contribution in [2.75, 3.05) is 5.32 Å². The summed E-state index contributed by atoms with van der Waals surface area (Å²) in [6.07, 6.45) is 4.29. The number of anilines is 1. The fourth-order valence-electron chi connectivity index (χ4n) is 2.62. The van der Waals surface area contributed by atoms with Gasteiger partial charge in [0.1, 0.15) is 6.10 Å². The average molecular weight is 261 g/mol. The van der Waals surface area contributed by atoms with E-state index in [2.05, 4.69) is 12.2 Å². The number of hydrogen-bond acceptors (Lipinski definition) is 2. The second-order valence-electron chi connectivity index (χ2n) is 5.58. The number of ether oxygens (including phenoxy) is 1. The van der Waals surface area contributed by atoms with E-state index in [-0.39, 0.29) is 12.2 Å². The average Bonchev–Trinajstić information content (AvgIpc) is 2.38. The lowest BCUT2D eigenvalue weighted by molar-refractivity contribution is 0.0524. The summed E-state index contributed by atoms with van der Waals surface area (Å²) in [6.45, 7) is 6.21. The summed E-state index contributed by atoms with van der Waals surface area (Å²) in [4.78, 5) is 12.0. The molecule has 1 aromatic rings. The maximum Gasteiger partial charge on any atom is 0.411 e. The standard InChI is InChI=1S/C16H23NO2/c1-11-8-6-9-14(13(11)3)17-16(18)19-15-10-5-4-7-12(15)2/h6,8-9,12,15H,4-5,7,10H2,1-3H3,(H,17,18)/t12-,15-/m1/s1. The Bertz CT molecular complexity index is 456. The number of hydrogen-bond donors (Lipinski definition) is 1. The molecule has 0 spiro atoms. The topological polar surface area (TPSA) is 38.3 Å². The molecule has 1 fully saturated rings. The van der Waals surface area contributed by atoms with Gasteiger partial charge in [0.05, 0.1) is 0 Å². The SMILES string of the molecule is Cc1cccc(NC(=O)O[C@@H]2CCCC[C@H]2C)c1C. The van der Waals surface area contributed by atoms with Crippen LogP contribution in [0.1, 0.15) is 43.7 Å². The lowest BCUT2D eigenvalue weighted by Gasteiger charge is -2.28. The molecule has 19 heavy (non-hydrogen) atoms. The van der Waals surface area contributed by atoms with Crippen molar-refractivity contribution < 1.29 is 9.53 Å². The van der Waals surface area contributed by atoms with E-state index in [1.807, 2.05) is 32.0 Å². The van der Waals surface area contributed by atoms with Crippen LogP contribution in [0.4, 0.5) is 10.5 Å². The van der Waals surface area contributed by atoms with Gasteiger partial charge >= 0.3 is 6.09 Å². The molecule has 3 heteroatoms. The second kappa shape index (κ2) is 6.09. The van der Waals surface area contributed by atoms with Gasteiger partial charge in [-0.05, 0) is 56.2 Å². The summed E-state index contributed by atoms with van der Waals surface area (Å²) in [6, 6.07) is 5.89. The lowest BCUT2D eigenvalue weighted by atomic mass is 9.88. The molecule has 0 aromatic heterocycles. The molecular formula is C16H23NO2. The first-order valence-corrected chi connectivity index (χ1v) is 7.12. The smallest absolute Gasteiger partial charge is 0.411 e. The Morgan fingerprint density at radius 2 is 2.00 bits per heavy atom. The van der Waals surface area contributed by atoms with Gasteiger partial charge in [-0.15, -0.1) is 0 Å². The van der Waals surface area contributed by atoms with E-state index in [1.165, 1.54) is 12.0 Å². The molecule has 1 aliphatic rings. The van der Waals surface area contributed by atoms with E-state index >= 15 is 0 Å². The first-order chi connectivity index (χ1) is 9.08. The Kier molecular flexibility index (Phi) is 4.46. The molecule has 0 unspecified atom stereocenters. The highest BCUT2D eigenvalue weighted by atomic mass is 16.6. The molecule has 1 aliphatic carbocycles. The summed E-state index contributed by atoms with van der Waals surface area (Å²) in [5, 5.41) is 2.86. The van der Waals surface area contributed by atoms with Crippen LogP contribution >= 0.6 is 0 Å². The van der Waals surface area contributed by atoms with Crippen LogP contribution in [0, 0.1) is 19.8 Å². The predicted octanol–water partition coefficient (Wildman–Crippen LogP) is 4.43. The van der Waals surface area contributed by atoms with Crippen LogP contribution in [-0.4, -0.2) is 12.2 Å². The first kappa shape index (κ1) is 13.9. The van der Waals surface area contributed by atoms with Gasteiger partial charge in [-0.3, -0.25) is 5.32 Å².